The fourth-order valence-electron chi connectivity index (χ4n) is 0. The Hall–Kier alpha value is 3.78. The van der Waals surface area contributed by atoms with Crippen molar-refractivity contribution in [2.24, 2.45) is 0 Å². The topological polar surface area (TPSA) is 243 Å². The zero-order valence-electron chi connectivity index (χ0n) is 15.7. The molecule has 0 spiro atoms. The molecule has 0 aliphatic rings. The van der Waals surface area contributed by atoms with Gasteiger partial charge in [-0.3, -0.25) is 0 Å². The van der Waals surface area contributed by atoms with Crippen molar-refractivity contribution in [2.45, 2.75) is 0 Å². The van der Waals surface area contributed by atoms with Crippen LogP contribution in [-0.2, 0) is 0 Å². The molecule has 0 unspecified atom stereocenters. The monoisotopic (exact) mass is 344 g/mol. The van der Waals surface area contributed by atoms with Gasteiger partial charge in [0, 0.05) is 0 Å². The van der Waals surface area contributed by atoms with Crippen LogP contribution in [-0.4, -0.2) is 89.6 Å². The van der Waals surface area contributed by atoms with Gasteiger partial charge in [-0.2, -0.15) is 0 Å². The number of hydrogen-bond acceptors (Lipinski definition) is 12. The second-order valence-electron chi connectivity index (χ2n) is 1.39. The summed E-state index contributed by atoms with van der Waals surface area (Å²) < 4.78 is 0. The van der Waals surface area contributed by atoms with Crippen LogP contribution in [0.1, 0.15) is 5.71 Å². The number of hydrogen-bond donors (Lipinski definition) is 12. The Labute approximate surface area is 210 Å². The molecule has 0 saturated carbocycles. The molecule has 104 valence electrons. The SMILES string of the molecule is OB(O)O.OB(O)O.OB(O)O.OB(O)O.[H-].[H-].[H-].[H-].[Na+].[Na+].[Na+].[Na+]. The third kappa shape index (κ3) is 658. The molecule has 0 aliphatic heterocycles. The Bertz CT molecular complexity index is 86.0. The van der Waals surface area contributed by atoms with Gasteiger partial charge in [0.1, 0.15) is 0 Å². The summed E-state index contributed by atoms with van der Waals surface area (Å²) in [5.74, 6) is 0. The Morgan fingerprint density at radius 1 is 0.300 bits per heavy atom. The molecule has 0 fully saturated rings. The second kappa shape index (κ2) is 43.4. The van der Waals surface area contributed by atoms with Crippen LogP contribution in [0, 0.1) is 0 Å². The molecule has 0 amide bonds. The van der Waals surface area contributed by atoms with Crippen LogP contribution in [0.4, 0.5) is 0 Å². The van der Waals surface area contributed by atoms with E-state index in [4.69, 9.17) is 60.3 Å². The second-order valence-corrected chi connectivity index (χ2v) is 1.39. The minimum atomic E-state index is -2.17. The molecular formula is H16B4Na4O12. The molecule has 0 aliphatic carbocycles. The summed E-state index contributed by atoms with van der Waals surface area (Å²) in [6, 6.07) is 0. The summed E-state index contributed by atoms with van der Waals surface area (Å²) in [7, 11) is -8.67. The van der Waals surface area contributed by atoms with Gasteiger partial charge >= 0.3 is 148 Å². The van der Waals surface area contributed by atoms with Crippen LogP contribution in [0.15, 0.2) is 0 Å². The molecule has 0 saturated heterocycles. The Morgan fingerprint density at radius 3 is 0.300 bits per heavy atom. The molecule has 12 nitrogen and oxygen atoms in total. The van der Waals surface area contributed by atoms with Gasteiger partial charge in [-0.05, 0) is 0 Å². The summed E-state index contributed by atoms with van der Waals surface area (Å²) in [5, 5.41) is 86.0. The van der Waals surface area contributed by atoms with Gasteiger partial charge in [0.2, 0.25) is 0 Å². The van der Waals surface area contributed by atoms with Crippen molar-refractivity contribution in [3.05, 3.63) is 0 Å². The first kappa shape index (κ1) is 49.6. The largest absolute Gasteiger partial charge is 1.00 e. The molecule has 0 bridgehead atoms. The van der Waals surface area contributed by atoms with Crippen molar-refractivity contribution in [1.29, 1.82) is 0 Å². The molecule has 0 aromatic carbocycles. The predicted octanol–water partition coefficient (Wildman–Crippen LogP) is -19.7. The first-order valence-corrected chi connectivity index (χ1v) is 3.10. The van der Waals surface area contributed by atoms with Gasteiger partial charge in [-0.25, -0.2) is 0 Å². The molecule has 0 rings (SSSR count). The van der Waals surface area contributed by atoms with E-state index in [-0.39, 0.29) is 124 Å². The molecule has 0 radical (unpaired) electrons. The Kier molecular flexibility index (Phi) is 108. The number of rotatable bonds is 0. The van der Waals surface area contributed by atoms with Crippen LogP contribution >= 0.6 is 0 Å². The predicted molar refractivity (Wildman–Crippen MR) is 54.1 cm³/mol. The standard InChI is InChI=1S/4BH3O3.4Na.4H/c4*2-1(3)4;;;;;;;;/h4*2-4H;;;;;;;;/q;;;;4*+1;4*-1. The normalized spacial score (nSPS) is 5.40. The van der Waals surface area contributed by atoms with Gasteiger partial charge < -0.3 is 66.0 Å². The molecule has 20 heteroatoms. The van der Waals surface area contributed by atoms with E-state index >= 15 is 0 Å². The van der Waals surface area contributed by atoms with Gasteiger partial charge in [-0.15, -0.1) is 0 Å². The maximum atomic E-state index is 7.17. The van der Waals surface area contributed by atoms with Gasteiger partial charge in [0.15, 0.2) is 0 Å². The maximum absolute atomic E-state index is 7.17. The van der Waals surface area contributed by atoms with Gasteiger partial charge in [-0.1, -0.05) is 0 Å². The summed E-state index contributed by atoms with van der Waals surface area (Å²) in [4.78, 5) is 0. The van der Waals surface area contributed by atoms with Crippen LogP contribution < -0.4 is 118 Å². The van der Waals surface area contributed by atoms with Crippen LogP contribution in [0.3, 0.4) is 0 Å². The van der Waals surface area contributed by atoms with E-state index in [0.29, 0.717) is 0 Å². The third-order valence-corrected chi connectivity index (χ3v) is 0. The fourth-order valence-corrected chi connectivity index (χ4v) is 0. The third-order valence-electron chi connectivity index (χ3n) is 0. The van der Waals surface area contributed by atoms with Crippen LogP contribution in [0.5, 0.6) is 0 Å². The van der Waals surface area contributed by atoms with E-state index in [2.05, 4.69) is 0 Å². The van der Waals surface area contributed by atoms with Gasteiger partial charge in [0.25, 0.3) is 0 Å². The average molecular weight is 343 g/mol. The first-order chi connectivity index (χ1) is 6.93. The van der Waals surface area contributed by atoms with E-state index in [0.717, 1.165) is 0 Å². The first-order valence-electron chi connectivity index (χ1n) is 3.10. The zero-order chi connectivity index (χ0) is 14.3. The summed E-state index contributed by atoms with van der Waals surface area (Å²) >= 11 is 0. The molecule has 12 N–H and O–H groups in total. The van der Waals surface area contributed by atoms with Crippen molar-refractivity contribution >= 4 is 29.3 Å². The summed E-state index contributed by atoms with van der Waals surface area (Å²) in [6.45, 7) is 0. The van der Waals surface area contributed by atoms with Crippen LogP contribution in [0.25, 0.3) is 0 Å². The van der Waals surface area contributed by atoms with Crippen molar-refractivity contribution in [3.63, 3.8) is 0 Å². The Balaban J connectivity index is -0.00000000720. The van der Waals surface area contributed by atoms with Gasteiger partial charge in [0.05, 0.1) is 0 Å². The smallest absolute Gasteiger partial charge is 1.00 e. The maximum Gasteiger partial charge on any atom is 1.00 e. The minimum absolute atomic E-state index is 0. The average Bonchev–Trinajstić information content (AvgIpc) is 1.76. The van der Waals surface area contributed by atoms with Crippen molar-refractivity contribution < 1.29 is 184 Å². The summed E-state index contributed by atoms with van der Waals surface area (Å²) in [5.41, 5.74) is 0. The van der Waals surface area contributed by atoms with E-state index < -0.39 is 29.3 Å². The molecule has 0 heterocycles. The van der Waals surface area contributed by atoms with E-state index in [1.54, 1.807) is 0 Å². The molecular weight excluding hydrogens is 327 g/mol. The molecule has 0 aromatic rings. The minimum Gasteiger partial charge on any atom is -1.00 e. The summed E-state index contributed by atoms with van der Waals surface area (Å²) in [6.07, 6.45) is 0. The molecule has 0 aromatic heterocycles. The van der Waals surface area contributed by atoms with E-state index in [9.17, 15) is 0 Å². The molecule has 0 atom stereocenters. The zero-order valence-corrected chi connectivity index (χ0v) is 19.7. The fraction of sp³-hybridized carbons (Fsp3) is 0. The van der Waals surface area contributed by atoms with Crippen molar-refractivity contribution in [1.82, 2.24) is 0 Å². The van der Waals surface area contributed by atoms with Crippen molar-refractivity contribution in [2.75, 3.05) is 0 Å². The van der Waals surface area contributed by atoms with Crippen molar-refractivity contribution in [3.8, 4) is 0 Å². The van der Waals surface area contributed by atoms with E-state index in [1.807, 2.05) is 0 Å². The quantitative estimate of drug-likeness (QED) is 0.183. The van der Waals surface area contributed by atoms with Crippen LogP contribution in [0.2, 0.25) is 0 Å². The molecule has 20 heavy (non-hydrogen) atoms. The Morgan fingerprint density at radius 2 is 0.300 bits per heavy atom. The van der Waals surface area contributed by atoms with E-state index in [1.165, 1.54) is 0 Å².